The van der Waals surface area contributed by atoms with Crippen LogP contribution in [0.3, 0.4) is 0 Å². The van der Waals surface area contributed by atoms with E-state index in [1.165, 1.54) is 12.8 Å². The molecule has 22 heavy (non-hydrogen) atoms. The molecule has 0 radical (unpaired) electrons. The second-order valence-electron chi connectivity index (χ2n) is 5.96. The van der Waals surface area contributed by atoms with E-state index in [0.29, 0.717) is 24.4 Å². The highest BCUT2D eigenvalue weighted by Gasteiger charge is 2.30. The molecule has 1 aromatic rings. The summed E-state index contributed by atoms with van der Waals surface area (Å²) in [6.45, 7) is 4.43. The van der Waals surface area contributed by atoms with Crippen molar-refractivity contribution in [3.05, 3.63) is 24.3 Å². The van der Waals surface area contributed by atoms with Crippen LogP contribution in [0.4, 0.5) is 0 Å². The topological polar surface area (TPSA) is 41.6 Å². The fourth-order valence-corrected chi connectivity index (χ4v) is 4.01. The maximum absolute atomic E-state index is 12.4. The van der Waals surface area contributed by atoms with Crippen LogP contribution in [0.2, 0.25) is 0 Å². The van der Waals surface area contributed by atoms with Gasteiger partial charge >= 0.3 is 0 Å². The molecule has 2 bridgehead atoms. The summed E-state index contributed by atoms with van der Waals surface area (Å²) in [5, 5.41) is 3.62. The molecule has 0 saturated carbocycles. The van der Waals surface area contributed by atoms with Crippen molar-refractivity contribution >= 4 is 17.7 Å². The third-order valence-electron chi connectivity index (χ3n) is 4.37. The molecule has 5 heteroatoms. The first-order chi connectivity index (χ1) is 10.7. The van der Waals surface area contributed by atoms with E-state index in [4.69, 9.17) is 4.74 Å². The lowest BCUT2D eigenvalue weighted by Crippen LogP contribution is -2.39. The van der Waals surface area contributed by atoms with Gasteiger partial charge in [0.15, 0.2) is 0 Å². The molecule has 2 saturated heterocycles. The molecule has 120 valence electrons. The predicted octanol–water partition coefficient (Wildman–Crippen LogP) is 2.53. The summed E-state index contributed by atoms with van der Waals surface area (Å²) < 4.78 is 5.43. The monoisotopic (exact) mass is 320 g/mol. The molecule has 0 spiro atoms. The minimum Gasteiger partial charge on any atom is -0.494 e. The number of nitrogens with one attached hydrogen (secondary N) is 1. The van der Waals surface area contributed by atoms with Crippen LogP contribution in [0.25, 0.3) is 0 Å². The predicted molar refractivity (Wildman–Crippen MR) is 89.5 cm³/mol. The van der Waals surface area contributed by atoms with E-state index in [9.17, 15) is 4.79 Å². The van der Waals surface area contributed by atoms with Gasteiger partial charge in [-0.05, 0) is 50.5 Å². The Morgan fingerprint density at radius 2 is 2.05 bits per heavy atom. The number of thioether (sulfide) groups is 1. The zero-order valence-corrected chi connectivity index (χ0v) is 13.9. The number of benzene rings is 1. The van der Waals surface area contributed by atoms with Gasteiger partial charge in [-0.1, -0.05) is 0 Å². The molecule has 1 amide bonds. The number of fused-ring (bicyclic) bond motifs is 2. The summed E-state index contributed by atoms with van der Waals surface area (Å²) in [7, 11) is 0. The Morgan fingerprint density at radius 1 is 1.27 bits per heavy atom. The smallest absolute Gasteiger partial charge is 0.232 e. The van der Waals surface area contributed by atoms with E-state index in [1.54, 1.807) is 11.8 Å². The van der Waals surface area contributed by atoms with Gasteiger partial charge in [0.05, 0.1) is 12.4 Å². The normalized spacial score (nSPS) is 24.1. The van der Waals surface area contributed by atoms with Crippen molar-refractivity contribution in [3.8, 4) is 5.75 Å². The first kappa shape index (κ1) is 15.7. The van der Waals surface area contributed by atoms with Crippen LogP contribution in [0.1, 0.15) is 26.2 Å². The fraction of sp³-hybridized carbons (Fsp3) is 0.588. The number of carbonyl (C=O) groups is 1. The number of amides is 1. The average Bonchev–Trinajstić information content (AvgIpc) is 2.86. The van der Waals surface area contributed by atoms with Crippen LogP contribution in [0.5, 0.6) is 5.75 Å². The van der Waals surface area contributed by atoms with Crippen molar-refractivity contribution in [2.24, 2.45) is 0 Å². The van der Waals surface area contributed by atoms with Crippen molar-refractivity contribution < 1.29 is 9.53 Å². The van der Waals surface area contributed by atoms with Gasteiger partial charge in [0.25, 0.3) is 0 Å². The molecule has 2 heterocycles. The van der Waals surface area contributed by atoms with E-state index in [0.717, 1.165) is 30.2 Å². The second kappa shape index (κ2) is 7.38. The molecule has 2 fully saturated rings. The van der Waals surface area contributed by atoms with Gasteiger partial charge in [-0.3, -0.25) is 4.79 Å². The first-order valence-electron chi connectivity index (χ1n) is 8.14. The van der Waals surface area contributed by atoms with E-state index in [-0.39, 0.29) is 5.91 Å². The van der Waals surface area contributed by atoms with Gasteiger partial charge in [-0.2, -0.15) is 0 Å². The number of nitrogens with zero attached hydrogens (tertiary/aromatic N) is 1. The van der Waals surface area contributed by atoms with Crippen LogP contribution in [-0.4, -0.2) is 48.3 Å². The van der Waals surface area contributed by atoms with Crippen molar-refractivity contribution in [2.75, 3.05) is 25.4 Å². The SMILES string of the molecule is CCOc1ccc(SCC(=O)N2CCC3CCC(C2)N3)cc1. The number of carbonyl (C=O) groups excluding carboxylic acids is 1. The summed E-state index contributed by atoms with van der Waals surface area (Å²) in [4.78, 5) is 15.6. The molecular formula is C17H24N2O2S. The zero-order chi connectivity index (χ0) is 15.4. The van der Waals surface area contributed by atoms with Gasteiger partial charge in [-0.15, -0.1) is 11.8 Å². The van der Waals surface area contributed by atoms with E-state index < -0.39 is 0 Å². The Labute approximate surface area is 136 Å². The van der Waals surface area contributed by atoms with Crippen molar-refractivity contribution in [1.82, 2.24) is 10.2 Å². The molecule has 2 atom stereocenters. The lowest BCUT2D eigenvalue weighted by molar-refractivity contribution is -0.128. The summed E-state index contributed by atoms with van der Waals surface area (Å²) in [5.41, 5.74) is 0. The first-order valence-corrected chi connectivity index (χ1v) is 9.12. The molecule has 1 N–H and O–H groups in total. The Morgan fingerprint density at radius 3 is 2.82 bits per heavy atom. The van der Waals surface area contributed by atoms with Gasteiger partial charge < -0.3 is 15.0 Å². The minimum absolute atomic E-state index is 0.258. The summed E-state index contributed by atoms with van der Waals surface area (Å²) in [6.07, 6.45) is 3.57. The molecular weight excluding hydrogens is 296 g/mol. The minimum atomic E-state index is 0.258. The molecule has 4 nitrogen and oxygen atoms in total. The van der Waals surface area contributed by atoms with Crippen molar-refractivity contribution in [1.29, 1.82) is 0 Å². The highest BCUT2D eigenvalue weighted by Crippen LogP contribution is 2.24. The Hall–Kier alpha value is -1.20. The lowest BCUT2D eigenvalue weighted by atomic mass is 10.1. The van der Waals surface area contributed by atoms with Crippen LogP contribution < -0.4 is 10.1 Å². The van der Waals surface area contributed by atoms with Gasteiger partial charge in [0.1, 0.15) is 5.75 Å². The van der Waals surface area contributed by atoms with Crippen molar-refractivity contribution in [3.63, 3.8) is 0 Å². The van der Waals surface area contributed by atoms with E-state index in [1.807, 2.05) is 36.1 Å². The average molecular weight is 320 g/mol. The molecule has 0 aliphatic carbocycles. The highest BCUT2D eigenvalue weighted by molar-refractivity contribution is 8.00. The molecule has 2 unspecified atom stereocenters. The van der Waals surface area contributed by atoms with E-state index >= 15 is 0 Å². The van der Waals surface area contributed by atoms with Crippen LogP contribution >= 0.6 is 11.8 Å². The second-order valence-corrected chi connectivity index (χ2v) is 7.01. The summed E-state index contributed by atoms with van der Waals surface area (Å²) in [5.74, 6) is 1.66. The highest BCUT2D eigenvalue weighted by atomic mass is 32.2. The van der Waals surface area contributed by atoms with Gasteiger partial charge in [0, 0.05) is 30.1 Å². The molecule has 2 aliphatic heterocycles. The molecule has 3 rings (SSSR count). The van der Waals surface area contributed by atoms with Crippen LogP contribution in [-0.2, 0) is 4.79 Å². The Kier molecular flexibility index (Phi) is 5.26. The largest absolute Gasteiger partial charge is 0.494 e. The molecule has 0 aromatic heterocycles. The number of hydrogen-bond acceptors (Lipinski definition) is 4. The third-order valence-corrected chi connectivity index (χ3v) is 5.37. The Bertz CT molecular complexity index is 506. The number of likely N-dealkylation sites (tertiary alicyclic amines) is 1. The van der Waals surface area contributed by atoms with Crippen LogP contribution in [0.15, 0.2) is 29.2 Å². The fourth-order valence-electron chi connectivity index (χ4n) is 3.20. The lowest BCUT2D eigenvalue weighted by Gasteiger charge is -2.24. The van der Waals surface area contributed by atoms with Gasteiger partial charge in [0.2, 0.25) is 5.91 Å². The van der Waals surface area contributed by atoms with Crippen molar-refractivity contribution in [2.45, 2.75) is 43.2 Å². The third kappa shape index (κ3) is 3.96. The molecule has 1 aromatic carbocycles. The summed E-state index contributed by atoms with van der Waals surface area (Å²) in [6, 6.07) is 9.11. The van der Waals surface area contributed by atoms with Gasteiger partial charge in [-0.25, -0.2) is 0 Å². The Balaban J connectivity index is 1.49. The molecule has 2 aliphatic rings. The summed E-state index contributed by atoms with van der Waals surface area (Å²) >= 11 is 1.61. The standard InChI is InChI=1S/C17H24N2O2S/c1-2-21-15-5-7-16(8-6-15)22-12-17(20)19-10-9-13-3-4-14(11-19)18-13/h5-8,13-14,18H,2-4,9-12H2,1H3. The number of hydrogen-bond donors (Lipinski definition) is 1. The van der Waals surface area contributed by atoms with E-state index in [2.05, 4.69) is 5.32 Å². The number of rotatable bonds is 5. The zero-order valence-electron chi connectivity index (χ0n) is 13.1. The maximum Gasteiger partial charge on any atom is 0.232 e. The maximum atomic E-state index is 12.4. The quantitative estimate of drug-likeness (QED) is 0.847. The number of ether oxygens (including phenoxy) is 1. The van der Waals surface area contributed by atoms with Crippen LogP contribution in [0, 0.1) is 0 Å².